The van der Waals surface area contributed by atoms with Crippen LogP contribution in [0.3, 0.4) is 0 Å². The van der Waals surface area contributed by atoms with Crippen LogP contribution in [0.2, 0.25) is 0 Å². The first-order valence-electron chi connectivity index (χ1n) is 3.98. The molecule has 0 heterocycles. The molecule has 0 aliphatic heterocycles. The van der Waals surface area contributed by atoms with Gasteiger partial charge in [-0.25, -0.2) is 12.1 Å². The second-order valence-corrected chi connectivity index (χ2v) is 2.12. The molecule has 0 atom stereocenters. The zero-order chi connectivity index (χ0) is 8.95. The van der Waals surface area contributed by atoms with Gasteiger partial charge in [-0.1, -0.05) is 0 Å². The Hall–Kier alpha value is -0.131. The van der Waals surface area contributed by atoms with Crippen molar-refractivity contribution in [3.63, 3.8) is 0 Å². The van der Waals surface area contributed by atoms with Gasteiger partial charge in [-0.15, -0.1) is 0 Å². The first-order valence-corrected chi connectivity index (χ1v) is 3.98. The largest absolute Gasteiger partial charge is 3.00 e. The smallest absolute Gasteiger partial charge is 0.335 e. The molecule has 0 saturated carbocycles. The molecule has 0 aliphatic rings. The van der Waals surface area contributed by atoms with Crippen molar-refractivity contribution in [3.8, 4) is 0 Å². The Kier molecular flexibility index (Phi) is 33.3. The zero-order valence-corrected chi connectivity index (χ0v) is 9.60. The van der Waals surface area contributed by atoms with Gasteiger partial charge < -0.3 is 12.8 Å². The minimum Gasteiger partial charge on any atom is -0.335 e. The second-order valence-electron chi connectivity index (χ2n) is 2.12. The summed E-state index contributed by atoms with van der Waals surface area (Å²) in [7, 11) is 0. The first-order chi connectivity index (χ1) is 5.33. The molecule has 12 heavy (non-hydrogen) atoms. The average molecular weight is 206 g/mol. The predicted octanol–water partition coefficient (Wildman–Crippen LogP) is 3.86. The molecule has 0 spiro atoms. The van der Waals surface area contributed by atoms with E-state index in [4.69, 9.17) is 0 Å². The fourth-order valence-electron chi connectivity index (χ4n) is 0.321. The third kappa shape index (κ3) is 32.7. The summed E-state index contributed by atoms with van der Waals surface area (Å²) < 4.78 is 0. The van der Waals surface area contributed by atoms with Gasteiger partial charge in [-0.3, -0.25) is 0 Å². The van der Waals surface area contributed by atoms with Crippen molar-refractivity contribution < 1.29 is 17.1 Å². The fraction of sp³-hybridized carbons (Fsp3) is 0.364. The van der Waals surface area contributed by atoms with Crippen LogP contribution in [0.25, 0.3) is 0 Å². The minimum atomic E-state index is 0. The van der Waals surface area contributed by atoms with Crippen molar-refractivity contribution in [1.29, 1.82) is 0 Å². The summed E-state index contributed by atoms with van der Waals surface area (Å²) in [5, 5.41) is 0. The van der Waals surface area contributed by atoms with Gasteiger partial charge in [0.05, 0.1) is 0 Å². The van der Waals surface area contributed by atoms with Gasteiger partial charge in [0.25, 0.3) is 0 Å². The molecule has 1 heteroatoms. The molecule has 0 bridgehead atoms. The van der Waals surface area contributed by atoms with Crippen LogP contribution in [-0.4, -0.2) is 0 Å². The predicted molar refractivity (Wildman–Crippen MR) is 53.3 cm³/mol. The molecular formula is C11H19Mn. The van der Waals surface area contributed by atoms with Crippen molar-refractivity contribution in [1.82, 2.24) is 0 Å². The van der Waals surface area contributed by atoms with E-state index >= 15 is 0 Å². The summed E-state index contributed by atoms with van der Waals surface area (Å²) in [6, 6.07) is 10.0. The minimum absolute atomic E-state index is 0. The normalized spacial score (nSPS) is 6.33. The van der Waals surface area contributed by atoms with Crippen molar-refractivity contribution in [2.24, 2.45) is 0 Å². The van der Waals surface area contributed by atoms with Gasteiger partial charge >= 0.3 is 17.1 Å². The molecule has 0 radical (unpaired) electrons. The maximum absolute atomic E-state index is 2.00. The molecule has 0 saturated heterocycles. The van der Waals surface area contributed by atoms with Gasteiger partial charge in [-0.05, 0) is 0 Å². The van der Waals surface area contributed by atoms with Gasteiger partial charge in [0, 0.05) is 0 Å². The molecule has 1 rings (SSSR count). The first kappa shape index (κ1) is 17.8. The Morgan fingerprint density at radius 3 is 1.17 bits per heavy atom. The van der Waals surface area contributed by atoms with Crippen LogP contribution >= 0.6 is 0 Å². The van der Waals surface area contributed by atoms with E-state index in [1.165, 1.54) is 0 Å². The third-order valence-electron chi connectivity index (χ3n) is 0.556. The van der Waals surface area contributed by atoms with E-state index in [2.05, 4.69) is 0 Å². The quantitative estimate of drug-likeness (QED) is 0.446. The van der Waals surface area contributed by atoms with E-state index in [0.29, 0.717) is 0 Å². The summed E-state index contributed by atoms with van der Waals surface area (Å²) in [6.45, 7) is 8.00. The number of hydrogen-bond acceptors (Lipinski definition) is 0. The second kappa shape index (κ2) is 22.4. The maximum atomic E-state index is 2.00. The molecule has 1 aromatic rings. The Labute approximate surface area is 88.2 Å². The topological polar surface area (TPSA) is 0 Å². The van der Waals surface area contributed by atoms with Gasteiger partial charge in [0.2, 0.25) is 0 Å². The fourth-order valence-corrected chi connectivity index (χ4v) is 0.321. The Bertz CT molecular complexity index is 80.5. The molecule has 1 aromatic carbocycles. The van der Waals surface area contributed by atoms with Crippen molar-refractivity contribution in [3.05, 3.63) is 43.2 Å². The SMILES string of the molecule is C[CH-]C.C[CH-]C.[Mn+3].c1cc[cH-]c1. The van der Waals surface area contributed by atoms with E-state index < -0.39 is 0 Å². The number of hydrogen-bond donors (Lipinski definition) is 0. The van der Waals surface area contributed by atoms with E-state index in [0.717, 1.165) is 0 Å². The van der Waals surface area contributed by atoms with Crippen LogP contribution in [0.5, 0.6) is 0 Å². The van der Waals surface area contributed by atoms with E-state index in [1.807, 2.05) is 70.9 Å². The molecule has 0 amide bonds. The molecule has 0 nitrogen and oxygen atoms in total. The van der Waals surface area contributed by atoms with Crippen LogP contribution in [-0.2, 0) is 17.1 Å². The average Bonchev–Trinajstić information content (AvgIpc) is 2.44. The van der Waals surface area contributed by atoms with Crippen LogP contribution in [0.1, 0.15) is 27.7 Å². The summed E-state index contributed by atoms with van der Waals surface area (Å²) >= 11 is 0. The van der Waals surface area contributed by atoms with Gasteiger partial charge in [0.15, 0.2) is 0 Å². The molecule has 0 aromatic heterocycles. The van der Waals surface area contributed by atoms with Crippen molar-refractivity contribution in [2.75, 3.05) is 0 Å². The Morgan fingerprint density at radius 2 is 1.08 bits per heavy atom. The molecule has 70 valence electrons. The zero-order valence-electron chi connectivity index (χ0n) is 8.42. The van der Waals surface area contributed by atoms with Gasteiger partial charge in [0.1, 0.15) is 0 Å². The van der Waals surface area contributed by atoms with Crippen molar-refractivity contribution in [2.45, 2.75) is 27.7 Å². The monoisotopic (exact) mass is 206 g/mol. The van der Waals surface area contributed by atoms with Crippen LogP contribution < -0.4 is 0 Å². The van der Waals surface area contributed by atoms with Crippen LogP contribution in [0, 0.1) is 12.8 Å². The van der Waals surface area contributed by atoms with Gasteiger partial charge in [-0.2, -0.15) is 45.9 Å². The van der Waals surface area contributed by atoms with E-state index in [-0.39, 0.29) is 17.1 Å². The molecule has 0 fully saturated rings. The maximum Gasteiger partial charge on any atom is 3.00 e. The van der Waals surface area contributed by atoms with E-state index in [1.54, 1.807) is 0 Å². The van der Waals surface area contributed by atoms with Crippen LogP contribution in [0.4, 0.5) is 0 Å². The third-order valence-corrected chi connectivity index (χ3v) is 0.556. The molecular weight excluding hydrogens is 187 g/mol. The Morgan fingerprint density at radius 1 is 0.833 bits per heavy atom. The molecule has 0 aliphatic carbocycles. The standard InChI is InChI=1S/C5H5.2C3H7.Mn/c1-2-4-5-3-1;2*1-3-2;/h1-5H;2*3H,1-2H3;/q3*-1;+3. The summed E-state index contributed by atoms with van der Waals surface area (Å²) in [4.78, 5) is 0. The molecule has 0 N–H and O–H groups in total. The number of rotatable bonds is 0. The molecule has 0 unspecified atom stereocenters. The van der Waals surface area contributed by atoms with E-state index in [9.17, 15) is 0 Å². The summed E-state index contributed by atoms with van der Waals surface area (Å²) in [5.74, 6) is 0. The van der Waals surface area contributed by atoms with Crippen molar-refractivity contribution >= 4 is 0 Å². The summed E-state index contributed by atoms with van der Waals surface area (Å²) in [6.07, 6.45) is 4.00. The summed E-state index contributed by atoms with van der Waals surface area (Å²) in [5.41, 5.74) is 0. The van der Waals surface area contributed by atoms with Crippen LogP contribution in [0.15, 0.2) is 30.3 Å². The Balaban J connectivity index is -0.000000104.